The van der Waals surface area contributed by atoms with Crippen LogP contribution in [0, 0.1) is 0 Å². The average molecular weight is 637 g/mol. The largest absolute Gasteiger partial charge is 0.494 e. The summed E-state index contributed by atoms with van der Waals surface area (Å²) in [5.74, 6) is 0.523. The van der Waals surface area contributed by atoms with E-state index in [1.54, 1.807) is 29.2 Å². The van der Waals surface area contributed by atoms with Crippen LogP contribution >= 0.6 is 11.6 Å². The molecule has 236 valence electrons. The topological polar surface area (TPSA) is 42.0 Å². The molecule has 0 aliphatic carbocycles. The quantitative estimate of drug-likeness (QED) is 0.148. The second-order valence-corrected chi connectivity index (χ2v) is 11.4. The number of morpholine rings is 1. The summed E-state index contributed by atoms with van der Waals surface area (Å²) >= 11 is 6.34. The molecule has 1 heterocycles. The number of rotatable bonds is 12. The van der Waals surface area contributed by atoms with Crippen LogP contribution in [0.25, 0.3) is 0 Å². The van der Waals surface area contributed by atoms with Crippen molar-refractivity contribution in [3.8, 4) is 5.75 Å². The summed E-state index contributed by atoms with van der Waals surface area (Å²) in [7, 11) is 0. The molecule has 4 aromatic carbocycles. The molecule has 0 N–H and O–H groups in total. The first-order chi connectivity index (χ1) is 21.8. The van der Waals surface area contributed by atoms with Crippen LogP contribution < -0.4 is 4.74 Å². The van der Waals surface area contributed by atoms with Crippen molar-refractivity contribution in [2.24, 2.45) is 0 Å². The summed E-state index contributed by atoms with van der Waals surface area (Å²) in [5, 5.41) is -0.274. The molecular weight excluding hydrogens is 601 g/mol. The Labute approximate surface area is 267 Å². The predicted octanol–water partition coefficient (Wildman–Crippen LogP) is 7.93. The van der Waals surface area contributed by atoms with Crippen LogP contribution in [0.1, 0.15) is 45.0 Å². The van der Waals surface area contributed by atoms with Gasteiger partial charge < -0.3 is 14.4 Å². The maximum atomic E-state index is 13.7. The summed E-state index contributed by atoms with van der Waals surface area (Å²) in [6.07, 6.45) is -3.94. The zero-order valence-electron chi connectivity index (χ0n) is 24.9. The Morgan fingerprint density at radius 1 is 0.889 bits per heavy atom. The highest BCUT2D eigenvalue weighted by Gasteiger charge is 2.34. The minimum atomic E-state index is -4.54. The van der Waals surface area contributed by atoms with Crippen LogP contribution in [0.2, 0.25) is 5.02 Å². The van der Waals surface area contributed by atoms with Crippen LogP contribution in [-0.4, -0.2) is 61.7 Å². The van der Waals surface area contributed by atoms with Crippen LogP contribution in [-0.2, 0) is 17.5 Å². The molecule has 1 aliphatic rings. The van der Waals surface area contributed by atoms with Gasteiger partial charge in [0, 0.05) is 44.2 Å². The van der Waals surface area contributed by atoms with Crippen molar-refractivity contribution in [2.45, 2.75) is 25.1 Å². The lowest BCUT2D eigenvalue weighted by Gasteiger charge is -2.29. The van der Waals surface area contributed by atoms with Crippen LogP contribution in [0.5, 0.6) is 5.75 Å². The number of halogens is 4. The van der Waals surface area contributed by atoms with Crippen molar-refractivity contribution in [3.63, 3.8) is 0 Å². The first-order valence-electron chi connectivity index (χ1n) is 15.1. The molecule has 0 saturated carbocycles. The fourth-order valence-corrected chi connectivity index (χ4v) is 5.87. The number of nitrogens with zero attached hydrogens (tertiary/aromatic N) is 2. The Hall–Kier alpha value is -3.85. The molecule has 45 heavy (non-hydrogen) atoms. The first kappa shape index (κ1) is 32.5. The molecule has 0 spiro atoms. The predicted molar refractivity (Wildman–Crippen MR) is 170 cm³/mol. The van der Waals surface area contributed by atoms with E-state index in [0.29, 0.717) is 69.3 Å². The van der Waals surface area contributed by atoms with E-state index in [1.807, 2.05) is 42.5 Å². The molecule has 4 aromatic rings. The van der Waals surface area contributed by atoms with E-state index in [2.05, 4.69) is 29.2 Å². The van der Waals surface area contributed by atoms with Gasteiger partial charge in [0.05, 0.1) is 30.4 Å². The summed E-state index contributed by atoms with van der Waals surface area (Å²) in [6.45, 7) is 3.88. The first-order valence-corrected chi connectivity index (χ1v) is 15.4. The highest BCUT2D eigenvalue weighted by atomic mass is 35.5. The summed E-state index contributed by atoms with van der Waals surface area (Å²) < 4.78 is 52.4. The van der Waals surface area contributed by atoms with E-state index >= 15 is 0 Å². The van der Waals surface area contributed by atoms with Crippen molar-refractivity contribution in [3.05, 3.63) is 136 Å². The molecule has 0 unspecified atom stereocenters. The van der Waals surface area contributed by atoms with E-state index < -0.39 is 11.7 Å². The molecule has 0 atom stereocenters. The van der Waals surface area contributed by atoms with E-state index in [4.69, 9.17) is 21.1 Å². The van der Waals surface area contributed by atoms with E-state index in [-0.39, 0.29) is 23.4 Å². The lowest BCUT2D eigenvalue weighted by atomic mass is 9.90. The second kappa shape index (κ2) is 15.4. The molecule has 0 bridgehead atoms. The van der Waals surface area contributed by atoms with E-state index in [0.717, 1.165) is 17.2 Å². The van der Waals surface area contributed by atoms with E-state index in [1.165, 1.54) is 6.07 Å². The Morgan fingerprint density at radius 3 is 2.18 bits per heavy atom. The van der Waals surface area contributed by atoms with Gasteiger partial charge >= 0.3 is 6.18 Å². The third-order valence-electron chi connectivity index (χ3n) is 7.89. The molecule has 0 aromatic heterocycles. The zero-order chi connectivity index (χ0) is 31.6. The van der Waals surface area contributed by atoms with Crippen molar-refractivity contribution in [1.29, 1.82) is 0 Å². The highest BCUT2D eigenvalue weighted by Crippen LogP contribution is 2.37. The molecular formula is C36H36ClF3N2O3. The molecule has 0 radical (unpaired) electrons. The molecule has 1 saturated heterocycles. The smallest absolute Gasteiger partial charge is 0.417 e. The molecule has 1 aliphatic heterocycles. The molecule has 5 nitrogen and oxygen atoms in total. The number of carbonyl (C=O) groups is 1. The normalized spacial score (nSPS) is 13.8. The van der Waals surface area contributed by atoms with Crippen LogP contribution in [0.4, 0.5) is 13.2 Å². The van der Waals surface area contributed by atoms with Gasteiger partial charge in [-0.05, 0) is 47.4 Å². The fraction of sp³-hybridized carbons (Fsp3) is 0.306. The van der Waals surface area contributed by atoms with Crippen molar-refractivity contribution < 1.29 is 27.4 Å². The third kappa shape index (κ3) is 8.87. The summed E-state index contributed by atoms with van der Waals surface area (Å²) in [5.41, 5.74) is 2.37. The summed E-state index contributed by atoms with van der Waals surface area (Å²) in [4.78, 5) is 16.8. The lowest BCUT2D eigenvalue weighted by molar-refractivity contribution is -0.137. The number of benzene rings is 4. The molecule has 1 fully saturated rings. The zero-order valence-corrected chi connectivity index (χ0v) is 25.6. The minimum Gasteiger partial charge on any atom is -0.494 e. The molecule has 1 amide bonds. The maximum absolute atomic E-state index is 13.7. The molecule has 9 heteroatoms. The van der Waals surface area contributed by atoms with Crippen molar-refractivity contribution >= 4 is 17.5 Å². The Bertz CT molecular complexity index is 1490. The fourth-order valence-electron chi connectivity index (χ4n) is 5.57. The Morgan fingerprint density at radius 2 is 1.53 bits per heavy atom. The number of hydrogen-bond acceptors (Lipinski definition) is 4. The summed E-state index contributed by atoms with van der Waals surface area (Å²) in [6, 6.07) is 31.4. The Balaban J connectivity index is 1.31. The number of ether oxygens (including phenoxy) is 2. The average Bonchev–Trinajstić information content (AvgIpc) is 3.06. The van der Waals surface area contributed by atoms with Gasteiger partial charge in [0.2, 0.25) is 0 Å². The minimum absolute atomic E-state index is 0.0132. The van der Waals surface area contributed by atoms with Gasteiger partial charge in [0.1, 0.15) is 5.75 Å². The number of carbonyl (C=O) groups excluding carboxylic acids is 1. The second-order valence-electron chi connectivity index (χ2n) is 11.0. The van der Waals surface area contributed by atoms with Crippen LogP contribution in [0.3, 0.4) is 0 Å². The molecule has 5 rings (SSSR count). The number of hydrogen-bond donors (Lipinski definition) is 0. The van der Waals surface area contributed by atoms with Gasteiger partial charge in [-0.25, -0.2) is 0 Å². The third-order valence-corrected chi connectivity index (χ3v) is 8.34. The van der Waals surface area contributed by atoms with Gasteiger partial charge in [0.25, 0.3) is 5.91 Å². The Kier molecular flexibility index (Phi) is 11.2. The highest BCUT2D eigenvalue weighted by molar-refractivity contribution is 6.32. The van der Waals surface area contributed by atoms with Gasteiger partial charge in [-0.3, -0.25) is 9.69 Å². The number of alkyl halides is 3. The SMILES string of the molecule is O=C(c1cccc(OCCCN(Cc2cccc(C(F)(F)F)c2Cl)CC(c2ccccc2)c2ccccc2)c1)N1CCOCC1. The van der Waals surface area contributed by atoms with Gasteiger partial charge in [0.15, 0.2) is 0 Å². The van der Waals surface area contributed by atoms with Crippen molar-refractivity contribution in [1.82, 2.24) is 9.80 Å². The van der Waals surface area contributed by atoms with Crippen LogP contribution in [0.15, 0.2) is 103 Å². The van der Waals surface area contributed by atoms with Gasteiger partial charge in [-0.2, -0.15) is 13.2 Å². The van der Waals surface area contributed by atoms with Gasteiger partial charge in [-0.1, -0.05) is 90.5 Å². The number of amides is 1. The van der Waals surface area contributed by atoms with E-state index in [9.17, 15) is 18.0 Å². The lowest BCUT2D eigenvalue weighted by Crippen LogP contribution is -2.40. The van der Waals surface area contributed by atoms with Crippen molar-refractivity contribution in [2.75, 3.05) is 46.0 Å². The monoisotopic (exact) mass is 636 g/mol. The standard InChI is InChI=1S/C36H36ClF3N2O3/c37-34-30(15-8-17-33(34)36(38,39)40)25-41(26-32(27-10-3-1-4-11-27)28-12-5-2-6-13-28)18-9-21-45-31-16-7-14-29(24-31)35(43)42-19-22-44-23-20-42/h1-8,10-17,24,32H,9,18-23,25-26H2. The van der Waals surface area contributed by atoms with Gasteiger partial charge in [-0.15, -0.1) is 0 Å². The maximum Gasteiger partial charge on any atom is 0.417 e.